The van der Waals surface area contributed by atoms with Gasteiger partial charge < -0.3 is 47.7 Å². The van der Waals surface area contributed by atoms with E-state index in [0.717, 1.165) is 38.7 Å². The van der Waals surface area contributed by atoms with E-state index in [1.165, 1.54) is 39.0 Å². The fourth-order valence-corrected chi connectivity index (χ4v) is 11.3. The van der Waals surface area contributed by atoms with Gasteiger partial charge in [0.25, 0.3) is 11.8 Å². The molecule has 0 bridgehead atoms. The number of sulfone groups is 2. The van der Waals surface area contributed by atoms with Crippen LogP contribution in [0.25, 0.3) is 0 Å². The first-order valence-corrected chi connectivity index (χ1v) is 54.4. The number of aliphatic hydroxyl groups is 1. The van der Waals surface area contributed by atoms with Crippen LogP contribution in [-0.2, 0) is 92.4 Å². The highest BCUT2D eigenvalue weighted by Gasteiger charge is 2.60. The molecule has 1 aliphatic rings. The zero-order valence-electron chi connectivity index (χ0n) is 94.2. The first-order valence-electron chi connectivity index (χ1n) is 46.4. The second-order valence-electron chi connectivity index (χ2n) is 40.8. The van der Waals surface area contributed by atoms with Gasteiger partial charge in [0.1, 0.15) is 12.4 Å². The predicted octanol–water partition coefficient (Wildman–Crippen LogP) is 23.7. The van der Waals surface area contributed by atoms with Crippen LogP contribution in [0.15, 0.2) is 0 Å². The van der Waals surface area contributed by atoms with Gasteiger partial charge in [0, 0.05) is 72.9 Å². The van der Waals surface area contributed by atoms with E-state index in [2.05, 4.69) is 176 Å². The van der Waals surface area contributed by atoms with E-state index in [-0.39, 0.29) is 91.6 Å². The number of rotatable bonds is 38. The summed E-state index contributed by atoms with van der Waals surface area (Å²) in [6.07, 6.45) is 15.1. The number of hydrogen-bond donors (Lipinski definition) is 3. The summed E-state index contributed by atoms with van der Waals surface area (Å²) < 4.78 is 210. The first-order chi connectivity index (χ1) is 57.5. The van der Waals surface area contributed by atoms with E-state index < -0.39 is 79.2 Å². The Hall–Kier alpha value is -1.93. The molecule has 131 heavy (non-hydrogen) atoms. The fraction of sp³-hybridized carbons (Fsp3) is 0.960. The maximum absolute atomic E-state index is 12.8. The third-order valence-electron chi connectivity index (χ3n) is 18.8. The van der Waals surface area contributed by atoms with Crippen molar-refractivity contribution in [1.82, 2.24) is 13.7 Å². The van der Waals surface area contributed by atoms with Crippen LogP contribution in [0.5, 0.6) is 0 Å². The lowest BCUT2D eigenvalue weighted by molar-refractivity contribution is -0.0927. The molecule has 1 rings (SSSR count). The molecule has 0 aromatic carbocycles. The summed E-state index contributed by atoms with van der Waals surface area (Å²) in [4.78, 5) is 0. The van der Waals surface area contributed by atoms with Gasteiger partial charge in [-0.3, -0.25) is 0 Å². The molecule has 1 fully saturated rings. The number of halogens is 4. The van der Waals surface area contributed by atoms with Crippen LogP contribution < -0.4 is 9.44 Å². The second-order valence-corrected chi connectivity index (χ2v) is 53.4. The van der Waals surface area contributed by atoms with Gasteiger partial charge in [0.15, 0.2) is 19.7 Å². The van der Waals surface area contributed by atoms with Crippen LogP contribution in [0.2, 0.25) is 0 Å². The molecule has 0 aromatic heterocycles. The van der Waals surface area contributed by atoms with Crippen LogP contribution in [0.1, 0.15) is 372 Å². The van der Waals surface area contributed by atoms with E-state index in [4.69, 9.17) is 51.1 Å². The van der Waals surface area contributed by atoms with E-state index in [0.29, 0.717) is 81.3 Å². The number of nitrogens with one attached hydrogen (secondary N) is 2. The molecule has 1 saturated carbocycles. The van der Waals surface area contributed by atoms with E-state index >= 15 is 0 Å². The molecule has 0 aliphatic heterocycles. The Bertz CT molecular complexity index is 3220. The van der Waals surface area contributed by atoms with Crippen molar-refractivity contribution in [1.29, 1.82) is 0 Å². The summed E-state index contributed by atoms with van der Waals surface area (Å²) >= 11 is 0. The lowest BCUT2D eigenvalue weighted by Crippen LogP contribution is -2.35. The number of hydrogen-bond acceptors (Lipinski definition) is 20. The van der Waals surface area contributed by atoms with Crippen LogP contribution in [-0.4, -0.2) is 249 Å². The minimum absolute atomic E-state index is 0. The summed E-state index contributed by atoms with van der Waals surface area (Å²) in [5.41, 5.74) is -1.12. The number of methoxy groups -OCH3 is 4. The van der Waals surface area contributed by atoms with Gasteiger partial charge in [-0.25, -0.2) is 73.4 Å². The monoisotopic (exact) mass is 2010 g/mol. The van der Waals surface area contributed by atoms with E-state index in [1.54, 1.807) is 118 Å². The normalized spacial score (nSPS) is 13.0. The lowest BCUT2D eigenvalue weighted by Gasteiger charge is -2.26. The molecule has 23 nitrogen and oxygen atoms in total. The Morgan fingerprint density at radius 2 is 0.809 bits per heavy atom. The van der Waals surface area contributed by atoms with Crippen LogP contribution in [0, 0.1) is 76.9 Å². The number of alkyl halides is 4. The topological polar surface area (TPSA) is 301 Å². The molecule has 0 amide bonds. The summed E-state index contributed by atoms with van der Waals surface area (Å²) in [6.45, 7) is 96.6. The van der Waals surface area contributed by atoms with Crippen molar-refractivity contribution in [2.75, 3.05) is 101 Å². The van der Waals surface area contributed by atoms with Gasteiger partial charge in [-0.15, -0.1) is 18.8 Å². The third-order valence-corrected chi connectivity index (χ3v) is 29.0. The Morgan fingerprint density at radius 1 is 0.450 bits per heavy atom. The van der Waals surface area contributed by atoms with Gasteiger partial charge in [-0.05, 0) is 303 Å². The van der Waals surface area contributed by atoms with Gasteiger partial charge in [-0.1, -0.05) is 117 Å². The maximum atomic E-state index is 12.8. The quantitative estimate of drug-likeness (QED) is 0.0294. The van der Waals surface area contributed by atoms with Crippen LogP contribution in [0.4, 0.5) is 17.6 Å². The molecule has 0 heterocycles. The van der Waals surface area contributed by atoms with Gasteiger partial charge in [-0.2, -0.15) is 0 Å². The smallest absolute Gasteiger partial charge is 0.268 e. The highest BCUT2D eigenvalue weighted by molar-refractivity contribution is 7.92. The Labute approximate surface area is 812 Å². The van der Waals surface area contributed by atoms with Crippen molar-refractivity contribution in [2.24, 2.45) is 52.3 Å². The third kappa shape index (κ3) is 117. The SMILES string of the molecule is C.C#CC(C)(C)C(C)C.C#CCS(=O)(=O)C(C)C.CC(C)C(C)(C)O.CC(C)C1(C(C)(F)F)CC1.CC(C)CC(C)C.CC(C)COC(C)C.CC(C)NS(=O)(=O)C(C)C.CC(C)OCC(C)(F)F.CC(C)S(=O)(=O)N(C)C.CCC(C)(C)OC(C)C.CNS(=O)(=O)C(C)C.COC(C)(C)C(C)C.COCC(C)(C)OC(C)C.COCCOC(C)C.COCCS(=O)(=O)C(C)C. The lowest BCUT2D eigenvalue weighted by atomic mass is 9.82. The molecular formula is C99H219F4N3O20S5. The zero-order valence-corrected chi connectivity index (χ0v) is 98.3. The Morgan fingerprint density at radius 3 is 0.916 bits per heavy atom. The molecule has 32 heteroatoms. The van der Waals surface area contributed by atoms with Crippen molar-refractivity contribution in [3.8, 4) is 24.7 Å². The molecule has 0 spiro atoms. The summed E-state index contributed by atoms with van der Waals surface area (Å²) in [5, 5.41) is 7.48. The minimum atomic E-state index is -3.05. The standard InChI is InChI=1S/C8H14F2.C8H18O2.C8H18O.C8H14.2C7H16O.C7H16.C6H12F2O.C6H15NO2S.C6H14O3S.C6H10O2S.C6H14O2.C6H14O.C5H13NO2S.C4H11NO2S.CH4/c1-6(2)8(4-5-8)7(3,9)10;1-7(2)10-8(3,4)6-9-5;1-6-8(4,5)9-7(2)3;1-6-8(4,5)7(2)3;1-6(2)7(3,4)8-5;1-6(2)5-8-7(3)4;1-6(2)5-7(3)4;1-5(2)9-4-6(3,7)8;1-5(2)7-10(8,9)6(3)4;1-6(2)10(7,8)5-4-9-3;1-4-5-9(7,8)6(2)3;1-6(2)8-5-4-7-3;1-5(2)6(3,4)7;1-5(2)9(7,8)6(3)4;1-4(2)8(6,7)5-3;/h6H,4-5H2,1-3H3;7H,6H2,1-5H3;7H,6H2,1-5H3;1,7H,2-5H3;6H,1-5H3;6-7H,5H2,1-4H3;6-7H,5H2,1-4H3;5H,4H2,1-3H3;5-7H,1-4H3;6H,4-5H2,1-3H3;1,6H,5H2,2-3H3;6H,4-5H2,1-3H3;5,7H,1-4H3;5H,1-4H3;4-5H,1-3H3;1H4. The number of nitrogens with zero attached hydrogens (tertiary/aromatic N) is 1. The molecular weight excluding hydrogens is 1790 g/mol. The molecule has 0 atom stereocenters. The first kappa shape index (κ1) is 163. The van der Waals surface area contributed by atoms with Crippen molar-refractivity contribution < 1.29 is 107 Å². The van der Waals surface area contributed by atoms with Crippen molar-refractivity contribution in [2.45, 2.75) is 469 Å². The van der Waals surface area contributed by atoms with Gasteiger partial charge in [0.05, 0.1) is 111 Å². The average molecular weight is 2010 g/mol. The molecule has 0 saturated heterocycles. The largest absolute Gasteiger partial charge is 0.390 e. The molecule has 0 aromatic rings. The van der Waals surface area contributed by atoms with Crippen molar-refractivity contribution in [3.05, 3.63) is 0 Å². The molecule has 1 aliphatic carbocycles. The molecule has 0 radical (unpaired) electrons. The number of sulfonamides is 3. The highest BCUT2D eigenvalue weighted by atomic mass is 32.2. The molecule has 3 N–H and O–H groups in total. The Kier molecular flexibility index (Phi) is 103. The zero-order chi connectivity index (χ0) is 108. The van der Waals surface area contributed by atoms with E-state index in [1.807, 2.05) is 83.1 Å². The molecule has 0 unspecified atom stereocenters. The Balaban J connectivity index is -0.0000000847. The molecule has 808 valence electrons. The summed E-state index contributed by atoms with van der Waals surface area (Å²) in [6, 6.07) is -0.00704. The maximum Gasteiger partial charge on any atom is 0.268 e. The van der Waals surface area contributed by atoms with E-state index in [9.17, 15) is 59.7 Å². The van der Waals surface area contributed by atoms with Crippen molar-refractivity contribution >= 4 is 49.7 Å². The summed E-state index contributed by atoms with van der Waals surface area (Å²) in [5.74, 6) is 3.71. The van der Waals surface area contributed by atoms with Crippen LogP contribution >= 0.6 is 0 Å². The van der Waals surface area contributed by atoms with Gasteiger partial charge >= 0.3 is 0 Å². The minimum Gasteiger partial charge on any atom is -0.390 e. The number of ether oxygens (including phenoxy) is 9. The van der Waals surface area contributed by atoms with Gasteiger partial charge in [0.2, 0.25) is 30.1 Å². The average Bonchev–Trinajstić information content (AvgIpc) is 1.60. The fourth-order valence-electron chi connectivity index (χ4n) is 7.65. The van der Waals surface area contributed by atoms with Crippen molar-refractivity contribution in [3.63, 3.8) is 0 Å². The number of terminal acetylenes is 2. The summed E-state index contributed by atoms with van der Waals surface area (Å²) in [7, 11) is -3.80. The predicted molar refractivity (Wildman–Crippen MR) is 558 cm³/mol. The van der Waals surface area contributed by atoms with Crippen LogP contribution in [0.3, 0.4) is 0 Å². The second kappa shape index (κ2) is 82.8. The highest BCUT2D eigenvalue weighted by Crippen LogP contribution is 2.61.